The second-order valence-electron chi connectivity index (χ2n) is 9.11. The molecule has 0 bridgehead atoms. The summed E-state index contributed by atoms with van der Waals surface area (Å²) in [6.07, 6.45) is 1.19. The number of benzene rings is 3. The highest BCUT2D eigenvalue weighted by atomic mass is 35.5. The van der Waals surface area contributed by atoms with Crippen LogP contribution in [0.3, 0.4) is 0 Å². The van der Waals surface area contributed by atoms with Crippen LogP contribution in [-0.2, 0) is 4.79 Å². The van der Waals surface area contributed by atoms with Gasteiger partial charge in [-0.15, -0.1) is 0 Å². The molecule has 31 heavy (non-hydrogen) atoms. The molecule has 0 aromatic heterocycles. The number of carbonyl (C=O) groups excluding carboxylic acids is 1. The molecule has 1 N–H and O–H groups in total. The fraction of sp³-hybridized carbons (Fsp3) is 0.240. The van der Waals surface area contributed by atoms with Crippen molar-refractivity contribution in [1.82, 2.24) is 0 Å². The van der Waals surface area contributed by atoms with Crippen LogP contribution in [0.2, 0.25) is 5.02 Å². The van der Waals surface area contributed by atoms with Gasteiger partial charge >= 0.3 is 0 Å². The highest BCUT2D eigenvalue weighted by Crippen LogP contribution is 2.51. The zero-order chi connectivity index (χ0) is 21.9. The Bertz CT molecular complexity index is 1310. The molecule has 1 heterocycles. The van der Waals surface area contributed by atoms with Crippen molar-refractivity contribution < 1.29 is 9.72 Å². The number of nitro benzene ring substituents is 1. The van der Waals surface area contributed by atoms with Crippen molar-refractivity contribution in [2.75, 3.05) is 5.32 Å². The summed E-state index contributed by atoms with van der Waals surface area (Å²) in [6.45, 7) is 4.18. The monoisotopic (exact) mass is 432 g/mol. The first-order valence-electron chi connectivity index (χ1n) is 10.2. The number of hydrogen-bond acceptors (Lipinski definition) is 4. The van der Waals surface area contributed by atoms with Gasteiger partial charge in [-0.2, -0.15) is 0 Å². The third-order valence-corrected chi connectivity index (χ3v) is 6.57. The van der Waals surface area contributed by atoms with E-state index in [9.17, 15) is 14.9 Å². The Labute approximate surface area is 184 Å². The van der Waals surface area contributed by atoms with E-state index in [1.807, 2.05) is 30.3 Å². The number of Topliss-reactive ketones (excluding diaryl/α,β-unsaturated/α-hetero) is 1. The molecule has 2 aliphatic rings. The van der Waals surface area contributed by atoms with Crippen LogP contribution < -0.4 is 5.32 Å². The summed E-state index contributed by atoms with van der Waals surface area (Å²) < 4.78 is 0. The Morgan fingerprint density at radius 1 is 1.10 bits per heavy atom. The van der Waals surface area contributed by atoms with Crippen molar-refractivity contribution in [3.8, 4) is 0 Å². The van der Waals surface area contributed by atoms with E-state index in [1.54, 1.807) is 12.1 Å². The number of rotatable bonds is 2. The zero-order valence-corrected chi connectivity index (χ0v) is 18.0. The molecule has 1 aliphatic carbocycles. The minimum Gasteiger partial charge on any atom is -0.358 e. The van der Waals surface area contributed by atoms with Gasteiger partial charge in [-0.1, -0.05) is 61.8 Å². The molecule has 6 heteroatoms. The van der Waals surface area contributed by atoms with Crippen molar-refractivity contribution in [1.29, 1.82) is 0 Å². The Kier molecular flexibility index (Phi) is 4.41. The van der Waals surface area contributed by atoms with Gasteiger partial charge in [-0.3, -0.25) is 14.9 Å². The summed E-state index contributed by atoms with van der Waals surface area (Å²) in [6, 6.07) is 17.0. The van der Waals surface area contributed by atoms with Crippen LogP contribution in [0.25, 0.3) is 10.8 Å². The number of hydrogen-bond donors (Lipinski definition) is 1. The molecule has 5 nitrogen and oxygen atoms in total. The number of fused-ring (bicyclic) bond motifs is 3. The van der Waals surface area contributed by atoms with Gasteiger partial charge in [0.1, 0.15) is 5.02 Å². The molecule has 0 saturated carbocycles. The number of ketones is 1. The fourth-order valence-corrected chi connectivity index (χ4v) is 5.17. The number of nitro groups is 1. The first-order chi connectivity index (χ1) is 14.7. The van der Waals surface area contributed by atoms with Crippen molar-refractivity contribution in [3.05, 3.63) is 92.1 Å². The van der Waals surface area contributed by atoms with Crippen LogP contribution in [-0.4, -0.2) is 10.7 Å². The minimum atomic E-state index is -0.474. The number of nitrogens with one attached hydrogen (secondary N) is 1. The Morgan fingerprint density at radius 3 is 2.65 bits per heavy atom. The molecule has 3 aromatic rings. The van der Waals surface area contributed by atoms with E-state index in [0.29, 0.717) is 17.6 Å². The van der Waals surface area contributed by atoms with Crippen LogP contribution in [0.1, 0.15) is 43.7 Å². The van der Waals surface area contributed by atoms with Crippen LogP contribution >= 0.6 is 11.6 Å². The predicted molar refractivity (Wildman–Crippen MR) is 123 cm³/mol. The van der Waals surface area contributed by atoms with Crippen molar-refractivity contribution in [3.63, 3.8) is 0 Å². The first-order valence-corrected chi connectivity index (χ1v) is 10.6. The lowest BCUT2D eigenvalue weighted by Gasteiger charge is -2.40. The molecule has 0 radical (unpaired) electrons. The summed E-state index contributed by atoms with van der Waals surface area (Å²) in [4.78, 5) is 24.5. The van der Waals surface area contributed by atoms with E-state index in [4.69, 9.17) is 11.6 Å². The normalized spacial score (nSPS) is 19.6. The molecule has 0 amide bonds. The lowest BCUT2D eigenvalue weighted by atomic mass is 9.68. The van der Waals surface area contributed by atoms with E-state index in [0.717, 1.165) is 34.1 Å². The molecule has 0 fully saturated rings. The molecule has 1 aliphatic heterocycles. The molecule has 1 atom stereocenters. The maximum absolute atomic E-state index is 13.4. The zero-order valence-electron chi connectivity index (χ0n) is 17.2. The average Bonchev–Trinajstić information content (AvgIpc) is 2.71. The van der Waals surface area contributed by atoms with E-state index in [-0.39, 0.29) is 21.9 Å². The van der Waals surface area contributed by atoms with Gasteiger partial charge in [0, 0.05) is 35.4 Å². The van der Waals surface area contributed by atoms with Gasteiger partial charge in [0.15, 0.2) is 5.78 Å². The molecule has 1 unspecified atom stereocenters. The van der Waals surface area contributed by atoms with Crippen molar-refractivity contribution in [2.45, 2.75) is 32.6 Å². The van der Waals surface area contributed by atoms with Crippen LogP contribution in [0.4, 0.5) is 11.4 Å². The van der Waals surface area contributed by atoms with Crippen LogP contribution in [0.15, 0.2) is 65.9 Å². The molecule has 0 spiro atoms. The van der Waals surface area contributed by atoms with Gasteiger partial charge in [0.2, 0.25) is 0 Å². The molecule has 0 saturated heterocycles. The lowest BCUT2D eigenvalue weighted by Crippen LogP contribution is -2.33. The van der Waals surface area contributed by atoms with Gasteiger partial charge in [0.05, 0.1) is 4.92 Å². The number of nitrogens with zero attached hydrogens (tertiary/aromatic N) is 1. The lowest BCUT2D eigenvalue weighted by molar-refractivity contribution is -0.384. The molecular formula is C25H21ClN2O3. The Balaban J connectivity index is 1.83. The summed E-state index contributed by atoms with van der Waals surface area (Å²) in [7, 11) is 0. The van der Waals surface area contributed by atoms with Crippen molar-refractivity contribution in [2.24, 2.45) is 5.41 Å². The number of carbonyl (C=O) groups is 1. The van der Waals surface area contributed by atoms with Crippen LogP contribution in [0, 0.1) is 15.5 Å². The van der Waals surface area contributed by atoms with Gasteiger partial charge in [0.25, 0.3) is 5.69 Å². The third kappa shape index (κ3) is 3.20. The molecular weight excluding hydrogens is 412 g/mol. The summed E-state index contributed by atoms with van der Waals surface area (Å²) in [5, 5.41) is 17.3. The summed E-state index contributed by atoms with van der Waals surface area (Å²) in [5.41, 5.74) is 3.94. The Hall–Kier alpha value is -3.18. The highest BCUT2D eigenvalue weighted by molar-refractivity contribution is 6.32. The van der Waals surface area contributed by atoms with Gasteiger partial charge in [-0.25, -0.2) is 0 Å². The minimum absolute atomic E-state index is 0.0833. The largest absolute Gasteiger partial charge is 0.358 e. The number of anilines is 1. The second-order valence-corrected chi connectivity index (χ2v) is 9.51. The summed E-state index contributed by atoms with van der Waals surface area (Å²) in [5.74, 6) is -0.308. The van der Waals surface area contributed by atoms with Gasteiger partial charge in [-0.05, 0) is 45.9 Å². The first kappa shape index (κ1) is 19.8. The maximum Gasteiger partial charge on any atom is 0.288 e. The topological polar surface area (TPSA) is 72.2 Å². The average molecular weight is 433 g/mol. The highest BCUT2D eigenvalue weighted by Gasteiger charge is 2.41. The van der Waals surface area contributed by atoms with E-state index >= 15 is 0 Å². The van der Waals surface area contributed by atoms with Crippen LogP contribution in [0.5, 0.6) is 0 Å². The quantitative estimate of drug-likeness (QED) is 0.365. The summed E-state index contributed by atoms with van der Waals surface area (Å²) >= 11 is 6.10. The SMILES string of the molecule is CC1(C)CC(=O)C2=C(C1)Nc1ccc3ccccc3c1C2c1ccc(Cl)c([N+](=O)[O-])c1. The van der Waals surface area contributed by atoms with Gasteiger partial charge < -0.3 is 5.32 Å². The van der Waals surface area contributed by atoms with E-state index < -0.39 is 10.8 Å². The van der Waals surface area contributed by atoms with E-state index in [2.05, 4.69) is 25.2 Å². The smallest absolute Gasteiger partial charge is 0.288 e. The number of halogens is 1. The second kappa shape index (κ2) is 6.92. The standard InChI is InChI=1S/C25H21ClN2O3/c1-25(2)12-19-24(21(29)13-25)22(15-7-9-17(26)20(11-15)28(30)31)23-16-6-4-3-5-14(16)8-10-18(23)27-19/h3-11,22,27H,12-13H2,1-2H3. The number of allylic oxidation sites excluding steroid dienone is 2. The molecule has 5 rings (SSSR count). The van der Waals surface area contributed by atoms with E-state index in [1.165, 1.54) is 6.07 Å². The predicted octanol–water partition coefficient (Wildman–Crippen LogP) is 6.60. The van der Waals surface area contributed by atoms with Crippen molar-refractivity contribution >= 4 is 39.5 Å². The molecule has 156 valence electrons. The fourth-order valence-electron chi connectivity index (χ4n) is 4.99. The molecule has 3 aromatic carbocycles. The third-order valence-electron chi connectivity index (χ3n) is 6.25. The Morgan fingerprint density at radius 2 is 1.87 bits per heavy atom. The maximum atomic E-state index is 13.4.